The van der Waals surface area contributed by atoms with Gasteiger partial charge in [-0.1, -0.05) is 6.92 Å². The third-order valence-electron chi connectivity index (χ3n) is 3.83. The summed E-state index contributed by atoms with van der Waals surface area (Å²) in [4.78, 5) is 11.6. The summed E-state index contributed by atoms with van der Waals surface area (Å²) < 4.78 is 37.3. The molecule has 2 rings (SSSR count). The molecule has 1 atom stereocenters. The topological polar surface area (TPSA) is 88.8 Å². The number of hydrogen-bond acceptors (Lipinski definition) is 6. The number of esters is 1. The van der Waals surface area contributed by atoms with Gasteiger partial charge in [0.25, 0.3) is 0 Å². The van der Waals surface area contributed by atoms with E-state index in [4.69, 9.17) is 4.42 Å². The summed E-state index contributed by atoms with van der Waals surface area (Å²) in [7, 11) is -0.652. The minimum atomic E-state index is -3.68. The van der Waals surface area contributed by atoms with Gasteiger partial charge in [0.1, 0.15) is 10.7 Å². The zero-order valence-electron chi connectivity index (χ0n) is 13.5. The van der Waals surface area contributed by atoms with Crippen molar-refractivity contribution in [3.8, 4) is 0 Å². The van der Waals surface area contributed by atoms with Crippen molar-refractivity contribution in [3.05, 3.63) is 17.6 Å². The first kappa shape index (κ1) is 20.0. The van der Waals surface area contributed by atoms with Crippen molar-refractivity contribution in [2.45, 2.75) is 37.1 Å². The number of nitrogens with zero attached hydrogens (tertiary/aromatic N) is 1. The molecule has 0 amide bonds. The Balaban J connectivity index is 0.00000264. The van der Waals surface area contributed by atoms with E-state index in [2.05, 4.69) is 10.1 Å². The third kappa shape index (κ3) is 3.88. The summed E-state index contributed by atoms with van der Waals surface area (Å²) >= 11 is 0. The predicted octanol–water partition coefficient (Wildman–Crippen LogP) is 1.42. The van der Waals surface area contributed by atoms with Crippen LogP contribution in [0.15, 0.2) is 15.4 Å². The molecule has 1 aromatic heterocycles. The summed E-state index contributed by atoms with van der Waals surface area (Å²) in [5.74, 6) is -0.470. The van der Waals surface area contributed by atoms with E-state index >= 15 is 0 Å². The highest BCUT2D eigenvalue weighted by molar-refractivity contribution is 7.89. The number of aryl methyl sites for hydroxylation is 1. The highest BCUT2D eigenvalue weighted by Gasteiger charge is 2.37. The molecule has 1 aliphatic heterocycles. The van der Waals surface area contributed by atoms with Crippen molar-refractivity contribution in [2.75, 3.05) is 27.2 Å². The molecule has 0 aliphatic carbocycles. The molecule has 1 saturated heterocycles. The van der Waals surface area contributed by atoms with Crippen LogP contribution in [0.5, 0.6) is 0 Å². The van der Waals surface area contributed by atoms with Gasteiger partial charge in [-0.3, -0.25) is 0 Å². The Morgan fingerprint density at radius 3 is 2.78 bits per heavy atom. The van der Waals surface area contributed by atoms with E-state index in [-0.39, 0.29) is 34.9 Å². The maximum Gasteiger partial charge on any atom is 0.373 e. The maximum atomic E-state index is 12.9. The van der Waals surface area contributed by atoms with Crippen molar-refractivity contribution in [1.29, 1.82) is 0 Å². The Labute approximate surface area is 142 Å². The van der Waals surface area contributed by atoms with Crippen molar-refractivity contribution in [3.63, 3.8) is 0 Å². The largest absolute Gasteiger partial charge is 0.463 e. The van der Waals surface area contributed by atoms with Crippen LogP contribution < -0.4 is 5.32 Å². The summed E-state index contributed by atoms with van der Waals surface area (Å²) in [5, 5.41) is 3.02. The number of methoxy groups -OCH3 is 1. The summed E-state index contributed by atoms with van der Waals surface area (Å²) in [6, 6.07) is 1.20. The molecule has 0 aromatic carbocycles. The highest BCUT2D eigenvalue weighted by Crippen LogP contribution is 2.30. The smallest absolute Gasteiger partial charge is 0.373 e. The molecule has 0 spiro atoms. The average molecular weight is 367 g/mol. The van der Waals surface area contributed by atoms with Crippen LogP contribution in [-0.4, -0.2) is 52.0 Å². The molecule has 7 nitrogen and oxygen atoms in total. The first-order valence-corrected chi connectivity index (χ1v) is 8.77. The van der Waals surface area contributed by atoms with Crippen LogP contribution in [0.25, 0.3) is 0 Å². The lowest BCUT2D eigenvalue weighted by molar-refractivity contribution is 0.0563. The molecule has 1 aliphatic rings. The Hall–Kier alpha value is -1.09. The molecule has 2 heterocycles. The second kappa shape index (κ2) is 8.14. The van der Waals surface area contributed by atoms with Crippen molar-refractivity contribution in [2.24, 2.45) is 0 Å². The fraction of sp³-hybridized carbons (Fsp3) is 0.643. The summed E-state index contributed by atoms with van der Waals surface area (Å²) in [5.41, 5.74) is 0. The number of hydrogen-bond donors (Lipinski definition) is 1. The van der Waals surface area contributed by atoms with Gasteiger partial charge in [-0.15, -0.1) is 12.4 Å². The molecule has 0 bridgehead atoms. The molecule has 1 aromatic rings. The first-order chi connectivity index (χ1) is 10.5. The Bertz CT molecular complexity index is 644. The zero-order valence-corrected chi connectivity index (χ0v) is 15.1. The molecule has 0 radical (unpaired) electrons. The van der Waals surface area contributed by atoms with Crippen molar-refractivity contribution >= 4 is 28.4 Å². The second-order valence-corrected chi connectivity index (χ2v) is 7.07. The van der Waals surface area contributed by atoms with Gasteiger partial charge in [0, 0.05) is 31.6 Å². The summed E-state index contributed by atoms with van der Waals surface area (Å²) in [6.07, 6.45) is 2.04. The maximum absolute atomic E-state index is 12.9. The minimum Gasteiger partial charge on any atom is -0.463 e. The van der Waals surface area contributed by atoms with Gasteiger partial charge in [0.15, 0.2) is 0 Å². The molecule has 1 fully saturated rings. The average Bonchev–Trinajstić information content (AvgIpc) is 3.13. The Morgan fingerprint density at radius 1 is 1.52 bits per heavy atom. The predicted molar refractivity (Wildman–Crippen MR) is 87.5 cm³/mol. The number of furan rings is 1. The number of likely N-dealkylation sites (N-methyl/N-ethyl adjacent to an activating group) is 1. The van der Waals surface area contributed by atoms with Crippen LogP contribution in [-0.2, 0) is 21.2 Å². The van der Waals surface area contributed by atoms with E-state index < -0.39 is 16.0 Å². The van der Waals surface area contributed by atoms with E-state index in [0.29, 0.717) is 19.5 Å². The number of nitrogens with one attached hydrogen (secondary N) is 1. The van der Waals surface area contributed by atoms with E-state index in [1.165, 1.54) is 17.5 Å². The van der Waals surface area contributed by atoms with E-state index in [9.17, 15) is 13.2 Å². The molecule has 9 heteroatoms. The number of halogens is 1. The summed E-state index contributed by atoms with van der Waals surface area (Å²) in [6.45, 7) is 2.87. The van der Waals surface area contributed by atoms with Gasteiger partial charge >= 0.3 is 5.97 Å². The molecule has 23 heavy (non-hydrogen) atoms. The lowest BCUT2D eigenvalue weighted by atomic mass is 10.2. The number of sulfonamides is 1. The number of carbonyl (C=O) groups excluding carboxylic acids is 1. The standard InChI is InChI=1S/C14H22N2O5S.ClH/c1-4-11-13(8-12(21-11)14(17)20-3)22(18,19)16-7-5-6-10(16)9-15-2;/h8,10,15H,4-7,9H2,1-3H3;1H. The highest BCUT2D eigenvalue weighted by atomic mass is 35.5. The quantitative estimate of drug-likeness (QED) is 0.766. The lowest BCUT2D eigenvalue weighted by Crippen LogP contribution is -2.40. The van der Waals surface area contributed by atoms with Crippen molar-refractivity contribution < 1.29 is 22.4 Å². The third-order valence-corrected chi connectivity index (χ3v) is 5.83. The number of rotatable bonds is 6. The van der Waals surface area contributed by atoms with Gasteiger partial charge in [-0.05, 0) is 19.9 Å². The zero-order chi connectivity index (χ0) is 16.3. The van der Waals surface area contributed by atoms with Gasteiger partial charge in [0.2, 0.25) is 15.8 Å². The SMILES string of the molecule is CCc1oc(C(=O)OC)cc1S(=O)(=O)N1CCCC1CNC.Cl. The molecular weight excluding hydrogens is 344 g/mol. The first-order valence-electron chi connectivity index (χ1n) is 7.33. The normalized spacial score (nSPS) is 18.7. The number of carbonyl (C=O) groups is 1. The Morgan fingerprint density at radius 2 is 2.22 bits per heavy atom. The van der Waals surface area contributed by atoms with Gasteiger partial charge in [-0.2, -0.15) is 4.31 Å². The van der Waals surface area contributed by atoms with E-state index in [1.807, 2.05) is 0 Å². The fourth-order valence-electron chi connectivity index (χ4n) is 2.77. The van der Waals surface area contributed by atoms with Crippen LogP contribution in [0.2, 0.25) is 0 Å². The van der Waals surface area contributed by atoms with E-state index in [0.717, 1.165) is 12.8 Å². The van der Waals surface area contributed by atoms with E-state index in [1.54, 1.807) is 14.0 Å². The number of ether oxygens (including phenoxy) is 1. The molecule has 0 saturated carbocycles. The molecular formula is C14H23ClN2O5S. The van der Waals surface area contributed by atoms with Crippen molar-refractivity contribution in [1.82, 2.24) is 9.62 Å². The van der Waals surface area contributed by atoms with Crippen LogP contribution in [0.1, 0.15) is 36.1 Å². The van der Waals surface area contributed by atoms with Gasteiger partial charge in [-0.25, -0.2) is 13.2 Å². The van der Waals surface area contributed by atoms with Crippen LogP contribution >= 0.6 is 12.4 Å². The molecule has 1 N–H and O–H groups in total. The molecule has 1 unspecified atom stereocenters. The minimum absolute atomic E-state index is 0. The monoisotopic (exact) mass is 366 g/mol. The van der Waals surface area contributed by atoms with Crippen LogP contribution in [0.3, 0.4) is 0 Å². The fourth-order valence-corrected chi connectivity index (χ4v) is 4.69. The van der Waals surface area contributed by atoms with Gasteiger partial charge in [0.05, 0.1) is 7.11 Å². The second-order valence-electron chi connectivity index (χ2n) is 5.21. The van der Waals surface area contributed by atoms with Crippen LogP contribution in [0, 0.1) is 0 Å². The van der Waals surface area contributed by atoms with Gasteiger partial charge < -0.3 is 14.5 Å². The Kier molecular flexibility index (Phi) is 7.06. The lowest BCUT2D eigenvalue weighted by Gasteiger charge is -2.23. The van der Waals surface area contributed by atoms with Crippen LogP contribution in [0.4, 0.5) is 0 Å². The molecule has 132 valence electrons.